The van der Waals surface area contributed by atoms with Crippen LogP contribution in [0.5, 0.6) is 0 Å². The van der Waals surface area contributed by atoms with Gasteiger partial charge in [-0.25, -0.2) is 4.79 Å². The van der Waals surface area contributed by atoms with Gasteiger partial charge in [-0.05, 0) is 52.9 Å². The van der Waals surface area contributed by atoms with Gasteiger partial charge in [0.05, 0.1) is 18.2 Å². The van der Waals surface area contributed by atoms with Gasteiger partial charge in [-0.1, -0.05) is 13.8 Å². The summed E-state index contributed by atoms with van der Waals surface area (Å²) in [5, 5.41) is 6.73. The van der Waals surface area contributed by atoms with Crippen LogP contribution in [0.25, 0.3) is 0 Å². The van der Waals surface area contributed by atoms with Crippen molar-refractivity contribution in [1.29, 1.82) is 0 Å². The molecule has 0 aromatic rings. The highest BCUT2D eigenvalue weighted by molar-refractivity contribution is 5.68. The van der Waals surface area contributed by atoms with Gasteiger partial charge in [0.2, 0.25) is 0 Å². The van der Waals surface area contributed by atoms with Crippen molar-refractivity contribution in [2.45, 2.75) is 90.6 Å². The van der Waals surface area contributed by atoms with Crippen LogP contribution in [0.3, 0.4) is 0 Å². The molecular formula is C18H34N2O3. The molecule has 134 valence electrons. The topological polar surface area (TPSA) is 59.6 Å². The Labute approximate surface area is 140 Å². The minimum Gasteiger partial charge on any atom is -0.444 e. The van der Waals surface area contributed by atoms with E-state index in [0.29, 0.717) is 17.9 Å². The maximum atomic E-state index is 12.1. The maximum absolute atomic E-state index is 12.1. The van der Waals surface area contributed by atoms with Crippen LogP contribution < -0.4 is 10.6 Å². The molecule has 23 heavy (non-hydrogen) atoms. The van der Waals surface area contributed by atoms with Gasteiger partial charge >= 0.3 is 6.09 Å². The molecule has 0 spiro atoms. The maximum Gasteiger partial charge on any atom is 0.407 e. The zero-order chi connectivity index (χ0) is 17.2. The van der Waals surface area contributed by atoms with Crippen LogP contribution in [-0.2, 0) is 9.47 Å². The van der Waals surface area contributed by atoms with Gasteiger partial charge in [-0.3, -0.25) is 0 Å². The lowest BCUT2D eigenvalue weighted by atomic mass is 9.71. The minimum atomic E-state index is -0.465. The molecule has 1 amide bonds. The summed E-state index contributed by atoms with van der Waals surface area (Å²) in [6, 6.07) is 0.728. The second kappa shape index (κ2) is 7.39. The van der Waals surface area contributed by atoms with E-state index in [-0.39, 0.29) is 24.3 Å². The van der Waals surface area contributed by atoms with Gasteiger partial charge < -0.3 is 20.1 Å². The summed E-state index contributed by atoms with van der Waals surface area (Å²) < 4.78 is 11.3. The van der Waals surface area contributed by atoms with Crippen molar-refractivity contribution < 1.29 is 14.3 Å². The van der Waals surface area contributed by atoms with Gasteiger partial charge in [0, 0.05) is 18.6 Å². The quantitative estimate of drug-likeness (QED) is 0.787. The Hall–Kier alpha value is -0.810. The van der Waals surface area contributed by atoms with Crippen molar-refractivity contribution in [2.75, 3.05) is 6.61 Å². The molecule has 5 unspecified atom stereocenters. The number of amides is 1. The first kappa shape index (κ1) is 18.5. The standard InChI is InChI=1S/C18H34N2O3/c1-11(2)7-8-12(3)19-15-14(13-9-10-22-16(13)15)20-17(21)23-18(4,5)6/h11-16,19H,7-10H2,1-6H3,(H,20,21). The molecular weight excluding hydrogens is 292 g/mol. The summed E-state index contributed by atoms with van der Waals surface area (Å²) >= 11 is 0. The summed E-state index contributed by atoms with van der Waals surface area (Å²) in [5.74, 6) is 1.13. The lowest BCUT2D eigenvalue weighted by Gasteiger charge is -2.49. The first-order chi connectivity index (χ1) is 10.7. The van der Waals surface area contributed by atoms with Crippen LogP contribution in [0.2, 0.25) is 0 Å². The molecule has 1 heterocycles. The first-order valence-corrected chi connectivity index (χ1v) is 9.04. The number of alkyl carbamates (subject to hydrolysis) is 1. The third kappa shape index (κ3) is 5.08. The van der Waals surface area contributed by atoms with Crippen LogP contribution in [-0.4, -0.2) is 42.5 Å². The van der Waals surface area contributed by atoms with E-state index in [4.69, 9.17) is 9.47 Å². The number of carbonyl (C=O) groups excluding carboxylic acids is 1. The lowest BCUT2D eigenvalue weighted by molar-refractivity contribution is -0.0374. The molecule has 0 radical (unpaired) electrons. The van der Waals surface area contributed by atoms with Crippen molar-refractivity contribution in [3.05, 3.63) is 0 Å². The molecule has 1 aliphatic carbocycles. The zero-order valence-electron chi connectivity index (χ0n) is 15.5. The summed E-state index contributed by atoms with van der Waals surface area (Å²) in [6.45, 7) is 13.2. The number of carbonyl (C=O) groups is 1. The van der Waals surface area contributed by atoms with Gasteiger partial charge in [-0.2, -0.15) is 0 Å². The molecule has 0 bridgehead atoms. The van der Waals surface area contributed by atoms with E-state index < -0.39 is 5.60 Å². The third-order valence-electron chi connectivity index (χ3n) is 4.72. The van der Waals surface area contributed by atoms with Crippen molar-refractivity contribution in [1.82, 2.24) is 10.6 Å². The molecule has 2 N–H and O–H groups in total. The number of ether oxygens (including phenoxy) is 2. The van der Waals surface area contributed by atoms with E-state index in [1.165, 1.54) is 6.42 Å². The SMILES string of the molecule is CC(C)CCC(C)NC1C(NC(=O)OC(C)(C)C)C2CCOC21. The Balaban J connectivity index is 1.87. The second-order valence-corrected chi connectivity index (χ2v) is 8.52. The Bertz CT molecular complexity index is 406. The molecule has 2 rings (SSSR count). The molecule has 0 aromatic heterocycles. The smallest absolute Gasteiger partial charge is 0.407 e. The molecule has 2 fully saturated rings. The van der Waals surface area contributed by atoms with E-state index in [1.807, 2.05) is 20.8 Å². The first-order valence-electron chi connectivity index (χ1n) is 9.04. The van der Waals surface area contributed by atoms with Gasteiger partial charge in [-0.15, -0.1) is 0 Å². The Morgan fingerprint density at radius 2 is 1.91 bits per heavy atom. The minimum absolute atomic E-state index is 0.110. The van der Waals surface area contributed by atoms with E-state index in [1.54, 1.807) is 0 Å². The average Bonchev–Trinajstić information content (AvgIpc) is 2.82. The van der Waals surface area contributed by atoms with Crippen molar-refractivity contribution in [3.8, 4) is 0 Å². The largest absolute Gasteiger partial charge is 0.444 e. The molecule has 5 heteroatoms. The zero-order valence-corrected chi connectivity index (χ0v) is 15.5. The number of nitrogens with one attached hydrogen (secondary N) is 2. The third-order valence-corrected chi connectivity index (χ3v) is 4.72. The fourth-order valence-electron chi connectivity index (χ4n) is 3.54. The van der Waals surface area contributed by atoms with E-state index >= 15 is 0 Å². The van der Waals surface area contributed by atoms with Gasteiger partial charge in [0.1, 0.15) is 5.60 Å². The Morgan fingerprint density at radius 3 is 2.52 bits per heavy atom. The lowest BCUT2D eigenvalue weighted by Crippen LogP contribution is -2.71. The highest BCUT2D eigenvalue weighted by Gasteiger charge is 2.54. The molecule has 5 nitrogen and oxygen atoms in total. The number of fused-ring (bicyclic) bond motifs is 1. The van der Waals surface area contributed by atoms with E-state index in [0.717, 1.165) is 19.4 Å². The predicted octanol–water partition coefficient (Wildman–Crippen LogP) is 3.08. The van der Waals surface area contributed by atoms with Crippen LogP contribution in [0.1, 0.15) is 60.8 Å². The summed E-state index contributed by atoms with van der Waals surface area (Å²) in [6.07, 6.45) is 3.28. The normalized spacial score (nSPS) is 31.4. The number of hydrogen-bond donors (Lipinski definition) is 2. The van der Waals surface area contributed by atoms with Crippen molar-refractivity contribution in [2.24, 2.45) is 11.8 Å². The number of hydrogen-bond acceptors (Lipinski definition) is 4. The summed E-state index contributed by atoms with van der Waals surface area (Å²) in [7, 11) is 0. The highest BCUT2D eigenvalue weighted by atomic mass is 16.6. The molecule has 1 saturated carbocycles. The van der Waals surface area contributed by atoms with Crippen LogP contribution in [0, 0.1) is 11.8 Å². The predicted molar refractivity (Wildman–Crippen MR) is 91.5 cm³/mol. The number of rotatable bonds is 6. The molecule has 0 aromatic carbocycles. The van der Waals surface area contributed by atoms with Gasteiger partial charge in [0.15, 0.2) is 0 Å². The van der Waals surface area contributed by atoms with Crippen LogP contribution >= 0.6 is 0 Å². The van der Waals surface area contributed by atoms with Crippen molar-refractivity contribution in [3.63, 3.8) is 0 Å². The van der Waals surface area contributed by atoms with Crippen LogP contribution in [0.4, 0.5) is 4.79 Å². The van der Waals surface area contributed by atoms with E-state index in [9.17, 15) is 4.79 Å². The van der Waals surface area contributed by atoms with Crippen molar-refractivity contribution >= 4 is 6.09 Å². The molecule has 2 aliphatic rings. The van der Waals surface area contributed by atoms with Gasteiger partial charge in [0.25, 0.3) is 0 Å². The molecule has 5 atom stereocenters. The summed E-state index contributed by atoms with van der Waals surface area (Å²) in [4.78, 5) is 12.1. The Kier molecular flexibility index (Phi) is 5.95. The fourth-order valence-corrected chi connectivity index (χ4v) is 3.54. The average molecular weight is 326 g/mol. The Morgan fingerprint density at radius 1 is 1.22 bits per heavy atom. The molecule has 1 saturated heterocycles. The molecule has 1 aliphatic heterocycles. The highest BCUT2D eigenvalue weighted by Crippen LogP contribution is 2.39. The van der Waals surface area contributed by atoms with Crippen LogP contribution in [0.15, 0.2) is 0 Å². The fraction of sp³-hybridized carbons (Fsp3) is 0.944. The summed E-state index contributed by atoms with van der Waals surface area (Å²) in [5.41, 5.74) is -0.465. The monoisotopic (exact) mass is 326 g/mol. The second-order valence-electron chi connectivity index (χ2n) is 8.52. The van der Waals surface area contributed by atoms with E-state index in [2.05, 4.69) is 31.4 Å².